The number of carbonyl (C=O) groups is 1. The minimum absolute atomic E-state index is 0.0731. The number of guanidine groups is 1. The van der Waals surface area contributed by atoms with E-state index in [4.69, 9.17) is 4.74 Å². The van der Waals surface area contributed by atoms with E-state index in [1.54, 1.807) is 0 Å². The Morgan fingerprint density at radius 3 is 2.62 bits per heavy atom. The van der Waals surface area contributed by atoms with Crippen molar-refractivity contribution in [3.8, 4) is 0 Å². The molecule has 8 heteroatoms. The number of esters is 1. The highest BCUT2D eigenvalue weighted by Gasteiger charge is 2.37. The van der Waals surface area contributed by atoms with Crippen LogP contribution in [0, 0.1) is 11.8 Å². The Morgan fingerprint density at radius 2 is 2.10 bits per heavy atom. The van der Waals surface area contributed by atoms with Crippen molar-refractivity contribution < 1.29 is 22.7 Å². The topological polar surface area (TPSA) is 53.9 Å². The zero-order valence-electron chi connectivity index (χ0n) is 12.5. The molecule has 1 aliphatic heterocycles. The third-order valence-corrected chi connectivity index (χ3v) is 3.41. The maximum atomic E-state index is 12.2. The lowest BCUT2D eigenvalue weighted by molar-refractivity contribution is -0.146. The molecule has 0 amide bonds. The summed E-state index contributed by atoms with van der Waals surface area (Å²) >= 11 is 0. The summed E-state index contributed by atoms with van der Waals surface area (Å²) in [5, 5.41) is 2.97. The third kappa shape index (κ3) is 5.43. The zero-order valence-corrected chi connectivity index (χ0v) is 12.5. The Balaban J connectivity index is 2.69. The number of methoxy groups -OCH3 is 1. The molecule has 0 radical (unpaired) electrons. The van der Waals surface area contributed by atoms with Crippen molar-refractivity contribution in [2.24, 2.45) is 16.8 Å². The minimum atomic E-state index is -4.21. The number of likely N-dealkylation sites (tertiary alicyclic amines) is 1. The Morgan fingerprint density at radius 1 is 1.43 bits per heavy atom. The van der Waals surface area contributed by atoms with Gasteiger partial charge in [-0.1, -0.05) is 6.92 Å². The number of aliphatic imine (C=N–C) groups is 1. The number of hydrogen-bond acceptors (Lipinski definition) is 3. The van der Waals surface area contributed by atoms with Crippen LogP contribution in [0.5, 0.6) is 0 Å². The summed E-state index contributed by atoms with van der Waals surface area (Å²) in [6.45, 7) is 4.97. The van der Waals surface area contributed by atoms with Crippen LogP contribution in [-0.4, -0.2) is 56.3 Å². The predicted octanol–water partition coefficient (Wildman–Crippen LogP) is 1.65. The first-order valence-electron chi connectivity index (χ1n) is 6.96. The quantitative estimate of drug-likeness (QED) is 0.487. The third-order valence-electron chi connectivity index (χ3n) is 3.41. The van der Waals surface area contributed by atoms with Crippen LogP contribution in [0.2, 0.25) is 0 Å². The fourth-order valence-corrected chi connectivity index (χ4v) is 2.31. The second-order valence-corrected chi connectivity index (χ2v) is 5.11. The molecule has 1 fully saturated rings. The van der Waals surface area contributed by atoms with Crippen LogP contribution in [-0.2, 0) is 9.53 Å². The summed E-state index contributed by atoms with van der Waals surface area (Å²) in [5.74, 6) is -0.0819. The first-order chi connectivity index (χ1) is 9.78. The lowest BCUT2D eigenvalue weighted by Gasteiger charge is -2.21. The highest BCUT2D eigenvalue weighted by molar-refractivity contribution is 5.82. The van der Waals surface area contributed by atoms with Crippen molar-refractivity contribution in [3.63, 3.8) is 0 Å². The molecule has 2 atom stereocenters. The van der Waals surface area contributed by atoms with E-state index in [9.17, 15) is 18.0 Å². The highest BCUT2D eigenvalue weighted by atomic mass is 19.4. The summed E-state index contributed by atoms with van der Waals surface area (Å²) < 4.78 is 41.3. The van der Waals surface area contributed by atoms with E-state index in [1.807, 2.05) is 18.7 Å². The fraction of sp³-hybridized carbons (Fsp3) is 0.846. The molecule has 2 unspecified atom stereocenters. The van der Waals surface area contributed by atoms with Gasteiger partial charge in [0.05, 0.1) is 26.0 Å². The van der Waals surface area contributed by atoms with Gasteiger partial charge in [-0.25, -0.2) is 0 Å². The lowest BCUT2D eigenvalue weighted by atomic mass is 9.99. The van der Waals surface area contributed by atoms with Crippen molar-refractivity contribution in [2.45, 2.75) is 26.4 Å². The van der Waals surface area contributed by atoms with Crippen molar-refractivity contribution in [1.29, 1.82) is 0 Å². The van der Waals surface area contributed by atoms with Gasteiger partial charge in [0.2, 0.25) is 0 Å². The van der Waals surface area contributed by atoms with E-state index < -0.39 is 12.6 Å². The van der Waals surface area contributed by atoms with Crippen molar-refractivity contribution in [1.82, 2.24) is 10.2 Å². The van der Waals surface area contributed by atoms with Gasteiger partial charge in [0.25, 0.3) is 0 Å². The normalized spacial score (nSPS) is 23.3. The molecule has 1 aliphatic rings. The first-order valence-corrected chi connectivity index (χ1v) is 6.96. The predicted molar refractivity (Wildman–Crippen MR) is 72.9 cm³/mol. The SMILES string of the molecule is CCNC(=NCCC(F)(F)F)N1CC(C)C(C(=O)OC)C1. The molecular weight excluding hydrogens is 287 g/mol. The summed E-state index contributed by atoms with van der Waals surface area (Å²) in [6.07, 6.45) is -5.17. The minimum Gasteiger partial charge on any atom is -0.469 e. The van der Waals surface area contributed by atoms with Crippen LogP contribution < -0.4 is 5.32 Å². The zero-order chi connectivity index (χ0) is 16.0. The van der Waals surface area contributed by atoms with Gasteiger partial charge in [0.1, 0.15) is 0 Å². The Bertz CT molecular complexity index is 385. The molecule has 0 spiro atoms. The van der Waals surface area contributed by atoms with Gasteiger partial charge >= 0.3 is 12.1 Å². The molecule has 0 aromatic carbocycles. The van der Waals surface area contributed by atoms with E-state index in [1.165, 1.54) is 7.11 Å². The maximum absolute atomic E-state index is 12.2. The number of rotatable bonds is 4. The standard InChI is InChI=1S/C13H22F3N3O2/c1-4-17-12(18-6-5-13(14,15)16)19-7-9(2)10(8-19)11(20)21-3/h9-10H,4-8H2,1-3H3,(H,17,18). The Kier molecular flexibility index (Phi) is 6.29. The summed E-state index contributed by atoms with van der Waals surface area (Å²) in [4.78, 5) is 17.4. The van der Waals surface area contributed by atoms with Gasteiger partial charge < -0.3 is 15.0 Å². The van der Waals surface area contributed by atoms with E-state index in [0.717, 1.165) is 0 Å². The molecule has 1 N–H and O–H groups in total. The molecule has 0 bridgehead atoms. The van der Waals surface area contributed by atoms with Crippen LogP contribution in [0.1, 0.15) is 20.3 Å². The second kappa shape index (κ2) is 7.51. The second-order valence-electron chi connectivity index (χ2n) is 5.11. The van der Waals surface area contributed by atoms with Gasteiger partial charge in [0.15, 0.2) is 5.96 Å². The van der Waals surface area contributed by atoms with E-state index >= 15 is 0 Å². The van der Waals surface area contributed by atoms with Gasteiger partial charge in [-0.2, -0.15) is 13.2 Å². The highest BCUT2D eigenvalue weighted by Crippen LogP contribution is 2.24. The van der Waals surface area contributed by atoms with Crippen LogP contribution in [0.25, 0.3) is 0 Å². The molecule has 1 rings (SSSR count). The molecular formula is C13H22F3N3O2. The molecule has 1 saturated heterocycles. The maximum Gasteiger partial charge on any atom is 0.390 e. The van der Waals surface area contributed by atoms with Crippen LogP contribution in [0.4, 0.5) is 13.2 Å². The monoisotopic (exact) mass is 309 g/mol. The summed E-state index contributed by atoms with van der Waals surface area (Å²) in [5.41, 5.74) is 0. The average molecular weight is 309 g/mol. The number of ether oxygens (including phenoxy) is 1. The Labute approximate surface area is 122 Å². The first kappa shape index (κ1) is 17.6. The number of nitrogens with one attached hydrogen (secondary N) is 1. The van der Waals surface area contributed by atoms with E-state index in [0.29, 0.717) is 25.6 Å². The van der Waals surface area contributed by atoms with Gasteiger partial charge in [0, 0.05) is 19.6 Å². The molecule has 5 nitrogen and oxygen atoms in total. The van der Waals surface area contributed by atoms with Crippen LogP contribution in [0.3, 0.4) is 0 Å². The van der Waals surface area contributed by atoms with Crippen molar-refractivity contribution >= 4 is 11.9 Å². The molecule has 0 saturated carbocycles. The van der Waals surface area contributed by atoms with Crippen molar-refractivity contribution in [2.75, 3.05) is 33.3 Å². The lowest BCUT2D eigenvalue weighted by Crippen LogP contribution is -2.40. The van der Waals surface area contributed by atoms with Crippen LogP contribution in [0.15, 0.2) is 4.99 Å². The average Bonchev–Trinajstić information content (AvgIpc) is 2.77. The van der Waals surface area contributed by atoms with E-state index in [-0.39, 0.29) is 24.3 Å². The summed E-state index contributed by atoms with van der Waals surface area (Å²) in [6, 6.07) is 0. The molecule has 1 heterocycles. The molecule has 0 aliphatic carbocycles. The van der Waals surface area contributed by atoms with E-state index in [2.05, 4.69) is 10.3 Å². The van der Waals surface area contributed by atoms with Gasteiger partial charge in [-0.3, -0.25) is 9.79 Å². The smallest absolute Gasteiger partial charge is 0.390 e. The Hall–Kier alpha value is -1.47. The van der Waals surface area contributed by atoms with Crippen molar-refractivity contribution in [3.05, 3.63) is 0 Å². The molecule has 0 aromatic rings. The molecule has 0 aromatic heterocycles. The van der Waals surface area contributed by atoms with Gasteiger partial charge in [-0.15, -0.1) is 0 Å². The molecule has 122 valence electrons. The number of nitrogens with zero attached hydrogens (tertiary/aromatic N) is 2. The number of carbonyl (C=O) groups excluding carboxylic acids is 1. The van der Waals surface area contributed by atoms with Gasteiger partial charge in [-0.05, 0) is 12.8 Å². The fourth-order valence-electron chi connectivity index (χ4n) is 2.31. The number of hydrogen-bond donors (Lipinski definition) is 1. The number of halogens is 3. The summed E-state index contributed by atoms with van der Waals surface area (Å²) in [7, 11) is 1.33. The van der Waals surface area contributed by atoms with Crippen LogP contribution >= 0.6 is 0 Å². The number of alkyl halides is 3. The largest absolute Gasteiger partial charge is 0.469 e. The molecule has 21 heavy (non-hydrogen) atoms.